The van der Waals surface area contributed by atoms with E-state index in [9.17, 15) is 4.79 Å². The first kappa shape index (κ1) is 25.3. The average Bonchev–Trinajstić information content (AvgIpc) is 2.89. The number of aryl methyl sites for hydroxylation is 3. The number of carbonyl (C=O) groups excluding carboxylic acids is 1. The highest BCUT2D eigenvalue weighted by atomic mass is 16.1. The van der Waals surface area contributed by atoms with E-state index in [0.29, 0.717) is 29.1 Å². The molecule has 5 rings (SSSR count). The Bertz CT molecular complexity index is 1430. The van der Waals surface area contributed by atoms with Crippen LogP contribution in [0.4, 0.5) is 23.4 Å². The number of hydrogen-bond donors (Lipinski definition) is 2. The van der Waals surface area contributed by atoms with Crippen molar-refractivity contribution in [3.8, 4) is 11.4 Å². The highest BCUT2D eigenvalue weighted by molar-refractivity contribution is 6.04. The van der Waals surface area contributed by atoms with Gasteiger partial charge < -0.3 is 20.4 Å². The van der Waals surface area contributed by atoms with Crippen LogP contribution in [0.2, 0.25) is 0 Å². The second kappa shape index (κ2) is 10.9. The highest BCUT2D eigenvalue weighted by Crippen LogP contribution is 2.28. The van der Waals surface area contributed by atoms with Gasteiger partial charge in [-0.2, -0.15) is 15.0 Å². The molecule has 0 radical (unpaired) electrons. The zero-order valence-corrected chi connectivity index (χ0v) is 22.2. The summed E-state index contributed by atoms with van der Waals surface area (Å²) in [4.78, 5) is 36.2. The third kappa shape index (κ3) is 5.78. The number of nitrogens with one attached hydrogen (secondary N) is 2. The minimum absolute atomic E-state index is 0.220. The standard InChI is InChI=1S/C29H32N8O/c1-19-16-20(2)25(21(3)17-19)26-33-28(35-29(34-26)37-14-12-36(4)13-15-37)32-24-18-22(10-11-30-24)27(38)31-23-8-6-5-7-9-23/h5-11,16-18H,12-15H2,1-4H3,(H,31,38)(H,30,32,33,34,35). The van der Waals surface area contributed by atoms with Crippen molar-refractivity contribution in [2.24, 2.45) is 0 Å². The van der Waals surface area contributed by atoms with E-state index in [-0.39, 0.29) is 5.91 Å². The molecule has 0 unspecified atom stereocenters. The van der Waals surface area contributed by atoms with Gasteiger partial charge in [-0.15, -0.1) is 0 Å². The molecule has 0 saturated carbocycles. The van der Waals surface area contributed by atoms with Crippen LogP contribution in [0.15, 0.2) is 60.8 Å². The third-order valence-electron chi connectivity index (χ3n) is 6.60. The molecule has 0 atom stereocenters. The van der Waals surface area contributed by atoms with E-state index >= 15 is 0 Å². The summed E-state index contributed by atoms with van der Waals surface area (Å²) in [6.45, 7) is 9.79. The smallest absolute Gasteiger partial charge is 0.255 e. The van der Waals surface area contributed by atoms with Crippen molar-refractivity contribution in [1.29, 1.82) is 0 Å². The third-order valence-corrected chi connectivity index (χ3v) is 6.60. The summed E-state index contributed by atoms with van der Waals surface area (Å²) in [6, 6.07) is 17.0. The van der Waals surface area contributed by atoms with Gasteiger partial charge in [0.15, 0.2) is 5.82 Å². The molecule has 9 nitrogen and oxygen atoms in total. The molecule has 2 N–H and O–H groups in total. The lowest BCUT2D eigenvalue weighted by molar-refractivity contribution is 0.102. The van der Waals surface area contributed by atoms with Crippen molar-refractivity contribution in [3.63, 3.8) is 0 Å². The van der Waals surface area contributed by atoms with E-state index in [0.717, 1.165) is 48.6 Å². The van der Waals surface area contributed by atoms with Gasteiger partial charge in [0.1, 0.15) is 5.82 Å². The van der Waals surface area contributed by atoms with Crippen LogP contribution in [0.25, 0.3) is 11.4 Å². The first-order chi connectivity index (χ1) is 18.4. The largest absolute Gasteiger partial charge is 0.338 e. The Morgan fingerprint density at radius 3 is 2.29 bits per heavy atom. The van der Waals surface area contributed by atoms with Crippen LogP contribution in [0.1, 0.15) is 27.0 Å². The minimum atomic E-state index is -0.220. The number of piperazine rings is 1. The molecule has 1 aliphatic rings. The number of likely N-dealkylation sites (N-methyl/N-ethyl adjacent to an activating group) is 1. The molecule has 0 spiro atoms. The van der Waals surface area contributed by atoms with Crippen molar-refractivity contribution >= 4 is 29.3 Å². The molecule has 38 heavy (non-hydrogen) atoms. The number of amides is 1. The lowest BCUT2D eigenvalue weighted by Crippen LogP contribution is -2.45. The Labute approximate surface area is 223 Å². The number of aromatic nitrogens is 4. The second-order valence-electron chi connectivity index (χ2n) is 9.72. The van der Waals surface area contributed by atoms with Crippen LogP contribution in [0, 0.1) is 20.8 Å². The van der Waals surface area contributed by atoms with Crippen LogP contribution in [-0.2, 0) is 0 Å². The molecule has 0 aliphatic carbocycles. The molecular formula is C29H32N8O. The van der Waals surface area contributed by atoms with Gasteiger partial charge in [-0.05, 0) is 63.2 Å². The van der Waals surface area contributed by atoms with Crippen molar-refractivity contribution in [2.75, 3.05) is 48.8 Å². The molecule has 9 heteroatoms. The predicted molar refractivity (Wildman–Crippen MR) is 151 cm³/mol. The van der Waals surface area contributed by atoms with E-state index in [4.69, 9.17) is 15.0 Å². The number of para-hydroxylation sites is 1. The number of nitrogens with zero attached hydrogens (tertiary/aromatic N) is 6. The molecule has 194 valence electrons. The summed E-state index contributed by atoms with van der Waals surface area (Å²) < 4.78 is 0. The van der Waals surface area contributed by atoms with Crippen molar-refractivity contribution < 1.29 is 4.79 Å². The van der Waals surface area contributed by atoms with Crippen LogP contribution >= 0.6 is 0 Å². The number of pyridine rings is 1. The molecule has 2 aromatic heterocycles. The van der Waals surface area contributed by atoms with Crippen molar-refractivity contribution in [3.05, 3.63) is 83.0 Å². The zero-order valence-electron chi connectivity index (χ0n) is 22.2. The number of anilines is 4. The lowest BCUT2D eigenvalue weighted by atomic mass is 9.99. The fourth-order valence-corrected chi connectivity index (χ4v) is 4.69. The maximum Gasteiger partial charge on any atom is 0.255 e. The van der Waals surface area contributed by atoms with E-state index in [2.05, 4.69) is 65.4 Å². The number of benzene rings is 2. The molecule has 1 fully saturated rings. The Morgan fingerprint density at radius 1 is 0.868 bits per heavy atom. The Kier molecular flexibility index (Phi) is 7.28. The van der Waals surface area contributed by atoms with Crippen molar-refractivity contribution in [1.82, 2.24) is 24.8 Å². The van der Waals surface area contributed by atoms with Gasteiger partial charge in [0.25, 0.3) is 5.91 Å². The first-order valence-corrected chi connectivity index (χ1v) is 12.7. The monoisotopic (exact) mass is 508 g/mol. The Morgan fingerprint density at radius 2 is 1.58 bits per heavy atom. The quantitative estimate of drug-likeness (QED) is 0.390. The fourth-order valence-electron chi connectivity index (χ4n) is 4.69. The summed E-state index contributed by atoms with van der Waals surface area (Å²) in [5, 5.41) is 6.13. The first-order valence-electron chi connectivity index (χ1n) is 12.7. The summed E-state index contributed by atoms with van der Waals surface area (Å²) in [5.41, 5.74) is 5.63. The molecule has 1 amide bonds. The SMILES string of the molecule is Cc1cc(C)c(-c2nc(Nc3cc(C(=O)Nc4ccccc4)ccn3)nc(N3CCN(C)CC3)n2)c(C)c1. The predicted octanol–water partition coefficient (Wildman–Crippen LogP) is 4.61. The van der Waals surface area contributed by atoms with Gasteiger partial charge in [-0.25, -0.2) is 4.98 Å². The van der Waals surface area contributed by atoms with Gasteiger partial charge in [0.05, 0.1) is 0 Å². The summed E-state index contributed by atoms with van der Waals surface area (Å²) in [7, 11) is 2.12. The molecule has 0 bridgehead atoms. The van der Waals surface area contributed by atoms with Gasteiger partial charge in [-0.3, -0.25) is 4.79 Å². The molecule has 4 aromatic rings. The van der Waals surface area contributed by atoms with Gasteiger partial charge in [0.2, 0.25) is 11.9 Å². The highest BCUT2D eigenvalue weighted by Gasteiger charge is 2.21. The zero-order chi connectivity index (χ0) is 26.6. The maximum atomic E-state index is 12.8. The van der Waals surface area contributed by atoms with Crippen LogP contribution in [-0.4, -0.2) is 64.0 Å². The van der Waals surface area contributed by atoms with E-state index < -0.39 is 0 Å². The summed E-state index contributed by atoms with van der Waals surface area (Å²) in [5.74, 6) is 1.88. The van der Waals surface area contributed by atoms with Crippen molar-refractivity contribution in [2.45, 2.75) is 20.8 Å². The summed E-state index contributed by atoms with van der Waals surface area (Å²) in [6.07, 6.45) is 1.60. The average molecular weight is 509 g/mol. The Balaban J connectivity index is 1.47. The number of hydrogen-bond acceptors (Lipinski definition) is 8. The fraction of sp³-hybridized carbons (Fsp3) is 0.276. The number of carbonyl (C=O) groups is 1. The van der Waals surface area contributed by atoms with E-state index in [1.54, 1.807) is 18.3 Å². The maximum absolute atomic E-state index is 12.8. The van der Waals surface area contributed by atoms with Gasteiger partial charge in [-0.1, -0.05) is 35.9 Å². The van der Waals surface area contributed by atoms with Gasteiger partial charge >= 0.3 is 0 Å². The van der Waals surface area contributed by atoms with Crippen LogP contribution in [0.5, 0.6) is 0 Å². The van der Waals surface area contributed by atoms with Crippen LogP contribution in [0.3, 0.4) is 0 Å². The molecule has 2 aromatic carbocycles. The minimum Gasteiger partial charge on any atom is -0.338 e. The molecule has 1 aliphatic heterocycles. The molecular weight excluding hydrogens is 476 g/mol. The lowest BCUT2D eigenvalue weighted by Gasteiger charge is -2.32. The van der Waals surface area contributed by atoms with Crippen LogP contribution < -0.4 is 15.5 Å². The molecule has 1 saturated heterocycles. The summed E-state index contributed by atoms with van der Waals surface area (Å²) >= 11 is 0. The second-order valence-corrected chi connectivity index (χ2v) is 9.72. The molecule has 3 heterocycles. The normalized spacial score (nSPS) is 13.8. The van der Waals surface area contributed by atoms with E-state index in [1.807, 2.05) is 30.3 Å². The van der Waals surface area contributed by atoms with Gasteiger partial charge in [0, 0.05) is 49.2 Å². The number of rotatable bonds is 6. The van der Waals surface area contributed by atoms with E-state index in [1.165, 1.54) is 5.56 Å². The Hall–Kier alpha value is -4.37. The topological polar surface area (TPSA) is 99.2 Å².